The lowest BCUT2D eigenvalue weighted by Crippen LogP contribution is -2.39. The van der Waals surface area contributed by atoms with Crippen LogP contribution in [0.2, 0.25) is 0 Å². The zero-order chi connectivity index (χ0) is 14.4. The van der Waals surface area contributed by atoms with Crippen molar-refractivity contribution in [3.05, 3.63) is 34.1 Å². The maximum absolute atomic E-state index is 14.0. The van der Waals surface area contributed by atoms with Crippen LogP contribution in [0.25, 0.3) is 0 Å². The van der Waals surface area contributed by atoms with Crippen LogP contribution >= 0.6 is 15.9 Å². The van der Waals surface area contributed by atoms with E-state index in [1.165, 1.54) is 0 Å². The molecular weight excluding hydrogens is 309 g/mol. The summed E-state index contributed by atoms with van der Waals surface area (Å²) in [6, 6.07) is 4.96. The predicted octanol–water partition coefficient (Wildman–Crippen LogP) is 4.63. The zero-order valence-electron chi connectivity index (χ0n) is 11.7. The van der Waals surface area contributed by atoms with Crippen LogP contribution < -0.4 is 0 Å². The summed E-state index contributed by atoms with van der Waals surface area (Å²) >= 11 is 3.12. The number of carbonyl (C=O) groups is 1. The molecule has 1 unspecified atom stereocenters. The molecule has 0 spiro atoms. The maximum Gasteiger partial charge on any atom is 0.257 e. The van der Waals surface area contributed by atoms with Gasteiger partial charge in [-0.25, -0.2) is 4.39 Å². The van der Waals surface area contributed by atoms with Crippen LogP contribution in [-0.4, -0.2) is 23.4 Å². The van der Waals surface area contributed by atoms with Gasteiger partial charge in [-0.05, 0) is 47.8 Å². The fourth-order valence-electron chi connectivity index (χ4n) is 1.89. The molecule has 0 aliphatic carbocycles. The number of nitrogens with zero attached hydrogens (tertiary/aromatic N) is 1. The van der Waals surface area contributed by atoms with Gasteiger partial charge < -0.3 is 4.90 Å². The van der Waals surface area contributed by atoms with Gasteiger partial charge in [0.2, 0.25) is 0 Å². The van der Waals surface area contributed by atoms with Crippen molar-refractivity contribution in [1.82, 2.24) is 4.90 Å². The monoisotopic (exact) mass is 329 g/mol. The van der Waals surface area contributed by atoms with Gasteiger partial charge in [0.1, 0.15) is 5.82 Å². The minimum Gasteiger partial charge on any atom is -0.336 e. The lowest BCUT2D eigenvalue weighted by Gasteiger charge is -2.29. The fraction of sp³-hybridized carbons (Fsp3) is 0.533. The minimum atomic E-state index is -0.475. The second-order valence-corrected chi connectivity index (χ2v) is 5.57. The van der Waals surface area contributed by atoms with Gasteiger partial charge in [-0.1, -0.05) is 26.3 Å². The highest BCUT2D eigenvalue weighted by atomic mass is 79.9. The second kappa shape index (κ2) is 7.63. The predicted molar refractivity (Wildman–Crippen MR) is 79.8 cm³/mol. The number of carbonyl (C=O) groups excluding carboxylic acids is 1. The van der Waals surface area contributed by atoms with E-state index in [9.17, 15) is 9.18 Å². The molecule has 0 saturated carbocycles. The molecule has 1 aromatic rings. The van der Waals surface area contributed by atoms with Gasteiger partial charge in [-0.15, -0.1) is 0 Å². The van der Waals surface area contributed by atoms with Crippen LogP contribution in [0.15, 0.2) is 22.7 Å². The van der Waals surface area contributed by atoms with Gasteiger partial charge in [0, 0.05) is 12.6 Å². The van der Waals surface area contributed by atoms with Crippen molar-refractivity contribution >= 4 is 21.8 Å². The van der Waals surface area contributed by atoms with Crippen LogP contribution in [0.4, 0.5) is 4.39 Å². The molecule has 0 heterocycles. The summed E-state index contributed by atoms with van der Waals surface area (Å²) in [6.07, 6.45) is 2.82. The number of rotatable bonds is 6. The van der Waals surface area contributed by atoms with E-state index in [1.807, 2.05) is 13.8 Å². The van der Waals surface area contributed by atoms with E-state index in [1.54, 1.807) is 23.1 Å². The van der Waals surface area contributed by atoms with Crippen LogP contribution in [0, 0.1) is 5.82 Å². The average Bonchev–Trinajstić information content (AvgIpc) is 2.41. The summed E-state index contributed by atoms with van der Waals surface area (Å²) in [7, 11) is 0. The summed E-state index contributed by atoms with van der Waals surface area (Å²) in [4.78, 5) is 14.3. The normalized spacial score (nSPS) is 12.3. The summed E-state index contributed by atoms with van der Waals surface area (Å²) in [5.41, 5.74) is 0.144. The number of unbranched alkanes of at least 4 members (excludes halogenated alkanes) is 1. The highest BCUT2D eigenvalue weighted by Gasteiger charge is 2.23. The molecule has 4 heteroatoms. The fourth-order valence-corrected chi connectivity index (χ4v) is 2.26. The lowest BCUT2D eigenvalue weighted by atomic mass is 10.1. The topological polar surface area (TPSA) is 20.3 Å². The third kappa shape index (κ3) is 4.03. The van der Waals surface area contributed by atoms with Crippen LogP contribution in [0.1, 0.15) is 50.4 Å². The molecule has 0 radical (unpaired) electrons. The van der Waals surface area contributed by atoms with Crippen molar-refractivity contribution in [2.45, 2.75) is 46.1 Å². The van der Waals surface area contributed by atoms with Crippen molar-refractivity contribution in [3.8, 4) is 0 Å². The average molecular weight is 330 g/mol. The van der Waals surface area contributed by atoms with E-state index in [4.69, 9.17) is 0 Å². The molecule has 1 aromatic carbocycles. The number of hydrogen-bond acceptors (Lipinski definition) is 1. The van der Waals surface area contributed by atoms with E-state index in [0.29, 0.717) is 11.0 Å². The Labute approximate surface area is 123 Å². The molecule has 1 amide bonds. The summed E-state index contributed by atoms with van der Waals surface area (Å²) in [5, 5.41) is 0. The van der Waals surface area contributed by atoms with E-state index >= 15 is 0 Å². The van der Waals surface area contributed by atoms with Crippen molar-refractivity contribution < 1.29 is 9.18 Å². The van der Waals surface area contributed by atoms with Crippen molar-refractivity contribution in [1.29, 1.82) is 0 Å². The van der Waals surface area contributed by atoms with Gasteiger partial charge in [0.25, 0.3) is 5.91 Å². The van der Waals surface area contributed by atoms with Gasteiger partial charge >= 0.3 is 0 Å². The Morgan fingerprint density at radius 1 is 1.42 bits per heavy atom. The molecular formula is C15H21BrFNO. The summed E-state index contributed by atoms with van der Waals surface area (Å²) in [5.74, 6) is -0.695. The van der Waals surface area contributed by atoms with Gasteiger partial charge in [0.05, 0.1) is 10.0 Å². The Hall–Kier alpha value is -0.900. The third-order valence-corrected chi connectivity index (χ3v) is 3.93. The van der Waals surface area contributed by atoms with E-state index in [-0.39, 0.29) is 17.5 Å². The second-order valence-electron chi connectivity index (χ2n) is 4.71. The first-order valence-electron chi connectivity index (χ1n) is 6.77. The zero-order valence-corrected chi connectivity index (χ0v) is 13.3. The first-order chi connectivity index (χ1) is 9.02. The molecule has 2 nitrogen and oxygen atoms in total. The number of amides is 1. The van der Waals surface area contributed by atoms with E-state index < -0.39 is 5.82 Å². The molecule has 1 rings (SSSR count). The number of benzene rings is 1. The van der Waals surface area contributed by atoms with Crippen molar-refractivity contribution in [2.24, 2.45) is 0 Å². The molecule has 0 saturated heterocycles. The maximum atomic E-state index is 14.0. The van der Waals surface area contributed by atoms with Crippen molar-refractivity contribution in [3.63, 3.8) is 0 Å². The Morgan fingerprint density at radius 2 is 2.11 bits per heavy atom. The molecule has 19 heavy (non-hydrogen) atoms. The number of hydrogen-bond donors (Lipinski definition) is 0. The van der Waals surface area contributed by atoms with E-state index in [2.05, 4.69) is 22.9 Å². The quantitative estimate of drug-likeness (QED) is 0.745. The Bertz CT molecular complexity index is 436. The molecule has 0 N–H and O–H groups in total. The first kappa shape index (κ1) is 16.2. The molecule has 0 fully saturated rings. The summed E-state index contributed by atoms with van der Waals surface area (Å²) < 4.78 is 14.3. The van der Waals surface area contributed by atoms with Crippen LogP contribution in [0.5, 0.6) is 0 Å². The third-order valence-electron chi connectivity index (χ3n) is 3.32. The van der Waals surface area contributed by atoms with Crippen LogP contribution in [-0.2, 0) is 0 Å². The standard InChI is InChI=1S/C15H21BrFNO/c1-4-6-10-18(11(3)5-2)15(19)12-8-7-9-13(16)14(12)17/h7-9,11H,4-6,10H2,1-3H3. The van der Waals surface area contributed by atoms with Gasteiger partial charge in [-0.2, -0.15) is 0 Å². The van der Waals surface area contributed by atoms with Gasteiger partial charge in [-0.3, -0.25) is 4.79 Å². The summed E-state index contributed by atoms with van der Waals surface area (Å²) in [6.45, 7) is 6.80. The molecule has 0 aliphatic heterocycles. The molecule has 0 aliphatic rings. The SMILES string of the molecule is CCCCN(C(=O)c1cccc(Br)c1F)C(C)CC. The Kier molecular flexibility index (Phi) is 6.49. The Balaban J connectivity index is 3.01. The molecule has 0 bridgehead atoms. The lowest BCUT2D eigenvalue weighted by molar-refractivity contribution is 0.0680. The first-order valence-corrected chi connectivity index (χ1v) is 7.57. The highest BCUT2D eigenvalue weighted by Crippen LogP contribution is 2.21. The number of halogens is 2. The Morgan fingerprint density at radius 3 is 2.68 bits per heavy atom. The minimum absolute atomic E-state index is 0.123. The highest BCUT2D eigenvalue weighted by molar-refractivity contribution is 9.10. The largest absolute Gasteiger partial charge is 0.336 e. The van der Waals surface area contributed by atoms with E-state index in [0.717, 1.165) is 19.3 Å². The van der Waals surface area contributed by atoms with Gasteiger partial charge in [0.15, 0.2) is 0 Å². The smallest absolute Gasteiger partial charge is 0.257 e. The molecule has 106 valence electrons. The molecule has 0 aromatic heterocycles. The van der Waals surface area contributed by atoms with Crippen LogP contribution in [0.3, 0.4) is 0 Å². The molecule has 1 atom stereocenters. The van der Waals surface area contributed by atoms with Crippen molar-refractivity contribution in [2.75, 3.05) is 6.54 Å².